The fourth-order valence-electron chi connectivity index (χ4n) is 4.58. The van der Waals surface area contributed by atoms with Crippen molar-refractivity contribution in [2.24, 2.45) is 0 Å². The number of nitrogens with zero attached hydrogens (tertiary/aromatic N) is 4. The van der Waals surface area contributed by atoms with Crippen LogP contribution in [-0.4, -0.2) is 38.9 Å². The molecule has 1 N–H and O–H groups in total. The van der Waals surface area contributed by atoms with Crippen molar-refractivity contribution in [1.29, 1.82) is 0 Å². The lowest BCUT2D eigenvalue weighted by atomic mass is 9.88. The lowest BCUT2D eigenvalue weighted by molar-refractivity contribution is -0.123. The van der Waals surface area contributed by atoms with Gasteiger partial charge in [0.2, 0.25) is 11.8 Å². The molecule has 0 aliphatic carbocycles. The molecule has 196 valence electrons. The molecule has 1 aliphatic heterocycles. The Morgan fingerprint density at radius 2 is 1.92 bits per heavy atom. The summed E-state index contributed by atoms with van der Waals surface area (Å²) in [6.45, 7) is 8.75. The van der Waals surface area contributed by atoms with Gasteiger partial charge in [0.05, 0.1) is 22.4 Å². The lowest BCUT2D eigenvalue weighted by Crippen LogP contribution is -2.42. The Labute approximate surface area is 231 Å². The Morgan fingerprint density at radius 3 is 2.61 bits per heavy atom. The Hall–Kier alpha value is -3.43. The average Bonchev–Trinajstić information content (AvgIpc) is 3.53. The number of thioether (sulfide) groups is 1. The van der Waals surface area contributed by atoms with Crippen LogP contribution in [0.4, 0.5) is 5.82 Å². The van der Waals surface area contributed by atoms with Crippen molar-refractivity contribution >= 4 is 40.7 Å². The molecular formula is C29H31N5O2S2. The minimum absolute atomic E-state index is 0.0633. The summed E-state index contributed by atoms with van der Waals surface area (Å²) in [6, 6.07) is 16.0. The van der Waals surface area contributed by atoms with Gasteiger partial charge in [-0.25, -0.2) is 4.68 Å². The Balaban J connectivity index is 1.63. The molecule has 5 rings (SSSR count). The van der Waals surface area contributed by atoms with E-state index in [0.717, 1.165) is 28.1 Å². The summed E-state index contributed by atoms with van der Waals surface area (Å²) < 4.78 is 1.86. The van der Waals surface area contributed by atoms with Crippen LogP contribution in [0.15, 0.2) is 66.3 Å². The minimum Gasteiger partial charge on any atom is -0.350 e. The van der Waals surface area contributed by atoms with Gasteiger partial charge in [-0.2, -0.15) is 5.10 Å². The molecule has 38 heavy (non-hydrogen) atoms. The summed E-state index contributed by atoms with van der Waals surface area (Å²) in [6.07, 6.45) is 3.39. The number of carbonyl (C=O) groups excluding carboxylic acids is 2. The molecule has 0 spiro atoms. The van der Waals surface area contributed by atoms with E-state index in [9.17, 15) is 9.59 Å². The molecule has 0 fully saturated rings. The Bertz CT molecular complexity index is 1440. The molecule has 0 unspecified atom stereocenters. The van der Waals surface area contributed by atoms with Crippen LogP contribution < -0.4 is 10.2 Å². The number of nitrogens with one attached hydrogen (secondary N) is 1. The van der Waals surface area contributed by atoms with E-state index >= 15 is 0 Å². The number of aryl methyl sites for hydroxylation is 1. The summed E-state index contributed by atoms with van der Waals surface area (Å²) in [5, 5.41) is 10.1. The molecule has 9 heteroatoms. The number of carbonyl (C=O) groups is 2. The summed E-state index contributed by atoms with van der Waals surface area (Å²) in [4.78, 5) is 33.7. The first-order valence-corrected chi connectivity index (χ1v) is 14.5. The third-order valence-corrected chi connectivity index (χ3v) is 8.71. The number of pyridine rings is 1. The summed E-state index contributed by atoms with van der Waals surface area (Å²) in [5.41, 5.74) is 4.55. The predicted molar refractivity (Wildman–Crippen MR) is 154 cm³/mol. The summed E-state index contributed by atoms with van der Waals surface area (Å²) in [7, 11) is 0. The Morgan fingerprint density at radius 1 is 1.13 bits per heavy atom. The third-order valence-electron chi connectivity index (χ3n) is 6.39. The van der Waals surface area contributed by atoms with E-state index in [1.165, 1.54) is 4.88 Å². The lowest BCUT2D eigenvalue weighted by Gasteiger charge is -2.24. The van der Waals surface area contributed by atoms with Gasteiger partial charge in [-0.3, -0.25) is 19.5 Å². The van der Waals surface area contributed by atoms with Gasteiger partial charge in [0.15, 0.2) is 0 Å². The fraction of sp³-hybridized carbons (Fsp3) is 0.310. The maximum Gasteiger partial charge on any atom is 0.240 e. The molecule has 7 nitrogen and oxygen atoms in total. The van der Waals surface area contributed by atoms with Crippen LogP contribution in [0, 0.1) is 6.92 Å². The highest BCUT2D eigenvalue weighted by Crippen LogP contribution is 2.49. The first-order valence-electron chi connectivity index (χ1n) is 12.5. The van der Waals surface area contributed by atoms with E-state index < -0.39 is 0 Å². The second-order valence-electron chi connectivity index (χ2n) is 10.4. The zero-order chi connectivity index (χ0) is 26.9. The SMILES string of the molecule is Cc1cccc(-n2nc(C(C)(C)C)c3c2N(CC(=O)NCc2ccncc2)C(=O)CS[C@H]3c2cccs2)c1. The van der Waals surface area contributed by atoms with Crippen molar-refractivity contribution in [3.63, 3.8) is 0 Å². The number of fused-ring (bicyclic) bond motifs is 1. The van der Waals surface area contributed by atoms with E-state index in [0.29, 0.717) is 12.4 Å². The highest BCUT2D eigenvalue weighted by atomic mass is 32.2. The van der Waals surface area contributed by atoms with Crippen LogP contribution >= 0.6 is 23.1 Å². The first-order chi connectivity index (χ1) is 18.2. The van der Waals surface area contributed by atoms with E-state index in [-0.39, 0.29) is 34.8 Å². The molecule has 4 aromatic rings. The summed E-state index contributed by atoms with van der Waals surface area (Å²) >= 11 is 3.28. The molecule has 0 saturated carbocycles. The van der Waals surface area contributed by atoms with Crippen LogP contribution in [0.2, 0.25) is 0 Å². The van der Waals surface area contributed by atoms with Gasteiger partial charge in [-0.1, -0.05) is 39.0 Å². The molecule has 1 aliphatic rings. The molecule has 1 atom stereocenters. The van der Waals surface area contributed by atoms with E-state index in [4.69, 9.17) is 5.10 Å². The molecule has 1 aromatic carbocycles. The number of hydrogen-bond acceptors (Lipinski definition) is 6. The number of benzene rings is 1. The molecule has 4 heterocycles. The third kappa shape index (κ3) is 5.39. The maximum atomic E-state index is 13.7. The number of hydrogen-bond donors (Lipinski definition) is 1. The van der Waals surface area contributed by atoms with E-state index in [1.807, 2.05) is 48.0 Å². The van der Waals surface area contributed by atoms with E-state index in [2.05, 4.69) is 48.6 Å². The molecule has 0 saturated heterocycles. The highest BCUT2D eigenvalue weighted by molar-refractivity contribution is 8.00. The zero-order valence-corrected chi connectivity index (χ0v) is 23.6. The van der Waals surface area contributed by atoms with Crippen LogP contribution in [-0.2, 0) is 21.5 Å². The standard InChI is InChI=1S/C29H31N5O2S2/c1-19-7-5-8-21(15-19)34-28-25(27(32-34)29(2,3)4)26(22-9-6-14-37-22)38-18-24(36)33(28)17-23(35)31-16-20-10-12-30-13-11-20/h5-15,26H,16-18H2,1-4H3,(H,31,35)/t26-/m0/s1. The smallest absolute Gasteiger partial charge is 0.240 e. The Kier molecular flexibility index (Phi) is 7.40. The normalized spacial score (nSPS) is 15.7. The van der Waals surface area contributed by atoms with Gasteiger partial charge in [-0.05, 0) is 53.8 Å². The molecular weight excluding hydrogens is 514 g/mol. The van der Waals surface area contributed by atoms with Gasteiger partial charge in [0, 0.05) is 34.8 Å². The van der Waals surface area contributed by atoms with Gasteiger partial charge in [0.1, 0.15) is 12.4 Å². The van der Waals surface area contributed by atoms with Crippen molar-refractivity contribution in [1.82, 2.24) is 20.1 Å². The summed E-state index contributed by atoms with van der Waals surface area (Å²) in [5.74, 6) is 0.610. The van der Waals surface area contributed by atoms with Crippen LogP contribution in [0.1, 0.15) is 53.3 Å². The number of anilines is 1. The van der Waals surface area contributed by atoms with Crippen LogP contribution in [0.25, 0.3) is 5.69 Å². The number of thiophene rings is 1. The fourth-order valence-corrected chi connectivity index (χ4v) is 6.75. The van der Waals surface area contributed by atoms with Crippen LogP contribution in [0.3, 0.4) is 0 Å². The second kappa shape index (κ2) is 10.7. The topological polar surface area (TPSA) is 80.1 Å². The second-order valence-corrected chi connectivity index (χ2v) is 12.5. The van der Waals surface area contributed by atoms with Crippen molar-refractivity contribution < 1.29 is 9.59 Å². The van der Waals surface area contributed by atoms with Crippen molar-refractivity contribution in [2.45, 2.75) is 44.9 Å². The van der Waals surface area contributed by atoms with Crippen molar-refractivity contribution in [2.75, 3.05) is 17.2 Å². The predicted octanol–water partition coefficient (Wildman–Crippen LogP) is 5.42. The van der Waals surface area contributed by atoms with Crippen molar-refractivity contribution in [3.05, 3.63) is 93.6 Å². The largest absolute Gasteiger partial charge is 0.350 e. The number of aromatic nitrogens is 3. The molecule has 0 bridgehead atoms. The average molecular weight is 546 g/mol. The number of rotatable bonds is 6. The quantitative estimate of drug-likeness (QED) is 0.350. The molecule has 0 radical (unpaired) electrons. The maximum absolute atomic E-state index is 13.7. The van der Waals surface area contributed by atoms with E-state index in [1.54, 1.807) is 40.4 Å². The first kappa shape index (κ1) is 26.2. The van der Waals surface area contributed by atoms with Gasteiger partial charge in [0.25, 0.3) is 0 Å². The monoisotopic (exact) mass is 545 g/mol. The van der Waals surface area contributed by atoms with Crippen LogP contribution in [0.5, 0.6) is 0 Å². The number of amides is 2. The van der Waals surface area contributed by atoms with Gasteiger partial charge < -0.3 is 5.32 Å². The minimum atomic E-state index is -0.280. The van der Waals surface area contributed by atoms with Crippen molar-refractivity contribution in [3.8, 4) is 5.69 Å². The van der Waals surface area contributed by atoms with Gasteiger partial charge >= 0.3 is 0 Å². The molecule has 3 aromatic heterocycles. The highest BCUT2D eigenvalue weighted by Gasteiger charge is 2.40. The zero-order valence-electron chi connectivity index (χ0n) is 22.0. The molecule has 2 amide bonds. The van der Waals surface area contributed by atoms with Gasteiger partial charge in [-0.15, -0.1) is 23.1 Å².